The summed E-state index contributed by atoms with van der Waals surface area (Å²) in [5, 5.41) is 18.2. The predicted octanol–water partition coefficient (Wildman–Crippen LogP) is 13.4. The maximum Gasteiger partial charge on any atom is 0.0717 e. The highest BCUT2D eigenvalue weighted by molar-refractivity contribution is 8.46. The second-order valence-electron chi connectivity index (χ2n) is 7.87. The van der Waals surface area contributed by atoms with Crippen LogP contribution in [0, 0.1) is 22.7 Å². The third-order valence-corrected chi connectivity index (χ3v) is 29.0. The van der Waals surface area contributed by atoms with Crippen molar-refractivity contribution >= 4 is 188 Å². The molecule has 0 aromatic carbocycles. The molecule has 2 nitrogen and oxygen atoms in total. The van der Waals surface area contributed by atoms with Crippen LogP contribution in [0.1, 0.15) is 12.8 Å². The molecular formula is C24H20N2S16. The molecule has 0 bridgehead atoms. The molecule has 222 valence electrons. The zero-order valence-corrected chi connectivity index (χ0v) is 34.6. The summed E-state index contributed by atoms with van der Waals surface area (Å²) in [5.41, 5.74) is 0. The van der Waals surface area contributed by atoms with Gasteiger partial charge in [-0.1, -0.05) is 94.1 Å². The molecule has 0 saturated heterocycles. The van der Waals surface area contributed by atoms with Crippen molar-refractivity contribution < 1.29 is 0 Å². The summed E-state index contributed by atoms with van der Waals surface area (Å²) in [6.45, 7) is 0. The van der Waals surface area contributed by atoms with Crippen molar-refractivity contribution in [3.8, 4) is 12.1 Å². The van der Waals surface area contributed by atoms with Crippen molar-refractivity contribution in [1.82, 2.24) is 0 Å². The lowest BCUT2D eigenvalue weighted by Gasteiger charge is -2.08. The Balaban J connectivity index is 1.06. The fraction of sp³-hybridized carbons (Fsp3) is 0.417. The Morgan fingerprint density at radius 3 is 1.00 bits per heavy atom. The summed E-state index contributed by atoms with van der Waals surface area (Å²) in [7, 11) is 0. The smallest absolute Gasteiger partial charge is 0.0717 e. The van der Waals surface area contributed by atoms with Gasteiger partial charge >= 0.3 is 0 Å². The van der Waals surface area contributed by atoms with Crippen LogP contribution in [0.5, 0.6) is 0 Å². The van der Waals surface area contributed by atoms with Crippen LogP contribution >= 0.6 is 188 Å². The second kappa shape index (κ2) is 18.1. The minimum absolute atomic E-state index is 0.589. The van der Waals surface area contributed by atoms with E-state index in [2.05, 4.69) is 12.1 Å². The molecule has 0 unspecified atom stereocenters. The molecule has 0 atom stereocenters. The van der Waals surface area contributed by atoms with E-state index in [0.29, 0.717) is 12.8 Å². The first-order chi connectivity index (χ1) is 20.7. The van der Waals surface area contributed by atoms with Gasteiger partial charge in [0.2, 0.25) is 0 Å². The summed E-state index contributed by atoms with van der Waals surface area (Å²) in [5.74, 6) is 8.68. The summed E-state index contributed by atoms with van der Waals surface area (Å²) in [6, 6.07) is 4.62. The van der Waals surface area contributed by atoms with Crippen LogP contribution in [0.4, 0.5) is 0 Å². The Labute approximate surface area is 316 Å². The van der Waals surface area contributed by atoms with Crippen LogP contribution in [0.25, 0.3) is 0 Å². The number of hydrogen-bond acceptors (Lipinski definition) is 18. The lowest BCUT2D eigenvalue weighted by molar-refractivity contribution is 1.24. The van der Waals surface area contributed by atoms with Gasteiger partial charge in [0, 0.05) is 58.9 Å². The van der Waals surface area contributed by atoms with E-state index in [1.807, 2.05) is 188 Å². The fourth-order valence-corrected chi connectivity index (χ4v) is 27.5. The van der Waals surface area contributed by atoms with Crippen LogP contribution < -0.4 is 0 Å². The lowest BCUT2D eigenvalue weighted by Crippen LogP contribution is -1.88. The quantitative estimate of drug-likeness (QED) is 0.185. The topological polar surface area (TPSA) is 47.6 Å². The highest BCUT2D eigenvalue weighted by Gasteiger charge is 2.33. The Bertz CT molecular complexity index is 1230. The Morgan fingerprint density at radius 1 is 0.405 bits per heavy atom. The number of hydrogen-bond donors (Lipinski definition) is 0. The van der Waals surface area contributed by atoms with E-state index in [0.717, 1.165) is 23.0 Å². The molecule has 0 aromatic heterocycles. The van der Waals surface area contributed by atoms with E-state index in [9.17, 15) is 0 Å². The SMILES string of the molecule is N#CCCSC1=C(SCCSC2=C(SCCC#N)SC(=C3SC4=C(SCCS4)S3)S2)SC(=C2SC3=C(SCCS3)S2)S1. The first-order valence-corrected chi connectivity index (χ1v) is 26.8. The minimum Gasteiger partial charge on any atom is -0.198 e. The molecule has 0 spiro atoms. The Morgan fingerprint density at radius 2 is 0.690 bits per heavy atom. The van der Waals surface area contributed by atoms with Crippen molar-refractivity contribution in [1.29, 1.82) is 10.5 Å². The molecule has 0 aromatic rings. The highest BCUT2D eigenvalue weighted by Crippen LogP contribution is 2.68. The summed E-state index contributed by atoms with van der Waals surface area (Å²) >= 11 is 31.4. The molecule has 6 heterocycles. The number of thioether (sulfide) groups is 16. The maximum absolute atomic E-state index is 9.10. The van der Waals surface area contributed by atoms with Crippen molar-refractivity contribution in [2.45, 2.75) is 12.8 Å². The van der Waals surface area contributed by atoms with E-state index in [4.69, 9.17) is 10.5 Å². The molecule has 0 N–H and O–H groups in total. The Hall–Kier alpha value is 3.02. The molecule has 0 radical (unpaired) electrons. The van der Waals surface area contributed by atoms with Gasteiger partial charge in [0.1, 0.15) is 0 Å². The van der Waals surface area contributed by atoms with Gasteiger partial charge in [-0.15, -0.1) is 94.1 Å². The van der Waals surface area contributed by atoms with Crippen molar-refractivity contribution in [3.05, 3.63) is 50.8 Å². The highest BCUT2D eigenvalue weighted by atomic mass is 32.3. The average molecular weight is 850 g/mol. The number of nitriles is 2. The second-order valence-corrected chi connectivity index (χ2v) is 28.0. The molecule has 6 aliphatic heterocycles. The van der Waals surface area contributed by atoms with E-state index in [1.54, 1.807) is 0 Å². The molecular weight excluding hydrogens is 829 g/mol. The standard InChI is InChI=1S/C24H20N2S16/c25-3-1-5-27-13-15(37-21(35-13)23-39-17-18(40-23)32-10-9-31-17)29-7-8-30-16-14(28-6-2-4-26)36-22(38-16)24-41-19-20(42-24)34-12-11-33-19/h1-2,5-12H2. The van der Waals surface area contributed by atoms with Gasteiger partial charge < -0.3 is 0 Å². The minimum atomic E-state index is 0.589. The van der Waals surface area contributed by atoms with Gasteiger partial charge in [0.05, 0.1) is 63.0 Å². The van der Waals surface area contributed by atoms with Crippen LogP contribution in [0.3, 0.4) is 0 Å². The van der Waals surface area contributed by atoms with Gasteiger partial charge in [0.25, 0.3) is 0 Å². The summed E-state index contributed by atoms with van der Waals surface area (Å²) in [4.78, 5) is 0. The first-order valence-electron chi connectivity index (χ1n) is 12.4. The van der Waals surface area contributed by atoms with Crippen LogP contribution in [-0.4, -0.2) is 46.0 Å². The van der Waals surface area contributed by atoms with Crippen LogP contribution in [0.15, 0.2) is 50.8 Å². The summed E-state index contributed by atoms with van der Waals surface area (Å²) < 4.78 is 17.3. The monoisotopic (exact) mass is 848 g/mol. The van der Waals surface area contributed by atoms with Crippen molar-refractivity contribution in [3.63, 3.8) is 0 Å². The van der Waals surface area contributed by atoms with Crippen LogP contribution in [0.2, 0.25) is 0 Å². The van der Waals surface area contributed by atoms with E-state index in [1.165, 1.54) is 73.9 Å². The molecule has 18 heteroatoms. The molecule has 0 amide bonds. The maximum atomic E-state index is 9.10. The average Bonchev–Trinajstić information content (AvgIpc) is 3.80. The summed E-state index contributed by atoms with van der Waals surface area (Å²) in [6.07, 6.45) is 1.18. The first kappa shape index (κ1) is 34.9. The van der Waals surface area contributed by atoms with Crippen molar-refractivity contribution in [2.24, 2.45) is 0 Å². The third-order valence-electron chi connectivity index (χ3n) is 5.03. The normalized spacial score (nSPS) is 22.5. The van der Waals surface area contributed by atoms with Gasteiger partial charge in [-0.25, -0.2) is 0 Å². The molecule has 0 saturated carbocycles. The van der Waals surface area contributed by atoms with Gasteiger partial charge in [0.15, 0.2) is 0 Å². The fourth-order valence-electron chi connectivity index (χ4n) is 3.32. The molecule has 0 fully saturated rings. The molecule has 6 rings (SSSR count). The van der Waals surface area contributed by atoms with E-state index >= 15 is 0 Å². The van der Waals surface area contributed by atoms with E-state index in [-0.39, 0.29) is 0 Å². The molecule has 6 aliphatic rings. The third kappa shape index (κ3) is 9.37. The van der Waals surface area contributed by atoms with Crippen molar-refractivity contribution in [2.75, 3.05) is 46.0 Å². The zero-order valence-electron chi connectivity index (χ0n) is 21.5. The van der Waals surface area contributed by atoms with Crippen LogP contribution in [-0.2, 0) is 0 Å². The predicted molar refractivity (Wildman–Crippen MR) is 223 cm³/mol. The number of nitrogens with zero attached hydrogens (tertiary/aromatic N) is 2. The van der Waals surface area contributed by atoms with Gasteiger partial charge in [-0.2, -0.15) is 10.5 Å². The lowest BCUT2D eigenvalue weighted by atomic mass is 10.6. The van der Waals surface area contributed by atoms with E-state index < -0.39 is 0 Å². The molecule has 42 heavy (non-hydrogen) atoms. The number of rotatable bonds is 11. The van der Waals surface area contributed by atoms with Gasteiger partial charge in [-0.3, -0.25) is 0 Å². The molecule has 0 aliphatic carbocycles. The Kier molecular flexibility index (Phi) is 15.1. The van der Waals surface area contributed by atoms with Gasteiger partial charge in [-0.05, 0) is 0 Å². The largest absolute Gasteiger partial charge is 0.198 e. The zero-order chi connectivity index (χ0) is 28.7.